The summed E-state index contributed by atoms with van der Waals surface area (Å²) in [6.45, 7) is 0. The lowest BCUT2D eigenvalue weighted by atomic mass is 10.1. The van der Waals surface area contributed by atoms with Crippen molar-refractivity contribution in [3.05, 3.63) is 35.8 Å². The number of nitrogens with zero attached hydrogens (tertiary/aromatic N) is 5. The monoisotopic (exact) mass is 195 g/mol. The van der Waals surface area contributed by atoms with E-state index in [-0.39, 0.29) is 0 Å². The SMILES string of the molecule is N#CC1=CN=C2C=CC=C3N=CN=C1N32. The predicted octanol–water partition coefficient (Wildman–Crippen LogP) is 0.960. The van der Waals surface area contributed by atoms with E-state index in [0.717, 1.165) is 11.7 Å². The Bertz CT molecular complexity index is 551. The van der Waals surface area contributed by atoms with Crippen molar-refractivity contribution in [2.45, 2.75) is 0 Å². The van der Waals surface area contributed by atoms with Gasteiger partial charge in [-0.15, -0.1) is 0 Å². The van der Waals surface area contributed by atoms with Crippen molar-refractivity contribution in [2.75, 3.05) is 0 Å². The van der Waals surface area contributed by atoms with E-state index in [2.05, 4.69) is 21.0 Å². The summed E-state index contributed by atoms with van der Waals surface area (Å²) in [4.78, 5) is 14.1. The van der Waals surface area contributed by atoms with E-state index in [1.54, 1.807) is 4.90 Å². The van der Waals surface area contributed by atoms with Crippen molar-refractivity contribution >= 4 is 18.0 Å². The van der Waals surface area contributed by atoms with Crippen molar-refractivity contribution in [3.8, 4) is 6.07 Å². The average Bonchev–Trinajstić information content (AvgIpc) is 2.30. The number of aliphatic imine (C=N–C) groups is 3. The van der Waals surface area contributed by atoms with E-state index < -0.39 is 0 Å². The van der Waals surface area contributed by atoms with Crippen LogP contribution in [0.4, 0.5) is 0 Å². The van der Waals surface area contributed by atoms with Crippen LogP contribution in [-0.2, 0) is 0 Å². The quantitative estimate of drug-likeness (QED) is 0.577. The first kappa shape index (κ1) is 7.88. The van der Waals surface area contributed by atoms with Crippen molar-refractivity contribution < 1.29 is 0 Å². The molecule has 5 nitrogen and oxygen atoms in total. The van der Waals surface area contributed by atoms with E-state index in [0.29, 0.717) is 11.4 Å². The first-order valence-corrected chi connectivity index (χ1v) is 4.37. The number of amidine groups is 2. The minimum absolute atomic E-state index is 0.450. The largest absolute Gasteiger partial charge is 0.261 e. The predicted molar refractivity (Wildman–Crippen MR) is 56.1 cm³/mol. The molecule has 0 unspecified atom stereocenters. The Hall–Kier alpha value is -2.48. The van der Waals surface area contributed by atoms with Gasteiger partial charge in [0.1, 0.15) is 29.6 Å². The van der Waals surface area contributed by atoms with Gasteiger partial charge in [0.2, 0.25) is 0 Å². The molecular weight excluding hydrogens is 190 g/mol. The molecule has 0 saturated carbocycles. The summed E-state index contributed by atoms with van der Waals surface area (Å²) < 4.78 is 0. The number of hydrogen-bond acceptors (Lipinski definition) is 5. The summed E-state index contributed by atoms with van der Waals surface area (Å²) in [6.07, 6.45) is 8.55. The molecule has 0 aromatic carbocycles. The lowest BCUT2D eigenvalue weighted by molar-refractivity contribution is 0.722. The molecular formula is C10H5N5. The highest BCUT2D eigenvalue weighted by Crippen LogP contribution is 2.23. The van der Waals surface area contributed by atoms with Gasteiger partial charge in [-0.1, -0.05) is 6.08 Å². The van der Waals surface area contributed by atoms with Crippen LogP contribution in [0, 0.1) is 11.3 Å². The van der Waals surface area contributed by atoms with Gasteiger partial charge in [-0.2, -0.15) is 5.26 Å². The molecule has 0 fully saturated rings. The summed E-state index contributed by atoms with van der Waals surface area (Å²) in [5.41, 5.74) is 0.450. The maximum Gasteiger partial charge on any atom is 0.161 e. The van der Waals surface area contributed by atoms with Crippen LogP contribution in [0.25, 0.3) is 0 Å². The summed E-state index contributed by atoms with van der Waals surface area (Å²) in [5.74, 6) is 2.07. The number of nitriles is 1. The zero-order valence-corrected chi connectivity index (χ0v) is 7.62. The highest BCUT2D eigenvalue weighted by atomic mass is 15.3. The normalized spacial score (nSPS) is 20.9. The molecule has 0 bridgehead atoms. The molecule has 0 atom stereocenters. The molecule has 0 spiro atoms. The van der Waals surface area contributed by atoms with E-state index in [1.807, 2.05) is 18.2 Å². The van der Waals surface area contributed by atoms with Crippen LogP contribution >= 0.6 is 0 Å². The third-order valence-electron chi connectivity index (χ3n) is 2.22. The first-order valence-electron chi connectivity index (χ1n) is 4.37. The smallest absolute Gasteiger partial charge is 0.161 e. The van der Waals surface area contributed by atoms with Crippen LogP contribution in [0.3, 0.4) is 0 Å². The zero-order valence-electron chi connectivity index (χ0n) is 7.62. The lowest BCUT2D eigenvalue weighted by Gasteiger charge is -2.30. The van der Waals surface area contributed by atoms with Gasteiger partial charge in [-0.25, -0.2) is 15.0 Å². The zero-order chi connectivity index (χ0) is 10.3. The molecule has 3 aliphatic heterocycles. The maximum absolute atomic E-state index is 8.92. The molecule has 3 aliphatic rings. The third-order valence-corrected chi connectivity index (χ3v) is 2.22. The van der Waals surface area contributed by atoms with Gasteiger partial charge in [0.05, 0.1) is 6.20 Å². The second kappa shape index (κ2) is 2.75. The second-order valence-corrected chi connectivity index (χ2v) is 3.06. The van der Waals surface area contributed by atoms with E-state index in [1.165, 1.54) is 12.5 Å². The van der Waals surface area contributed by atoms with Crippen LogP contribution in [-0.4, -0.2) is 22.9 Å². The van der Waals surface area contributed by atoms with E-state index >= 15 is 0 Å². The maximum atomic E-state index is 8.92. The fourth-order valence-electron chi connectivity index (χ4n) is 1.56. The van der Waals surface area contributed by atoms with Gasteiger partial charge in [-0.05, 0) is 12.2 Å². The summed E-state index contributed by atoms with van der Waals surface area (Å²) in [5, 5.41) is 8.92. The molecule has 0 aromatic heterocycles. The Morgan fingerprint density at radius 1 is 1.33 bits per heavy atom. The number of rotatable bonds is 0. The minimum Gasteiger partial charge on any atom is -0.261 e. The minimum atomic E-state index is 0.450. The highest BCUT2D eigenvalue weighted by molar-refractivity contribution is 6.20. The van der Waals surface area contributed by atoms with Crippen LogP contribution in [0.2, 0.25) is 0 Å². The van der Waals surface area contributed by atoms with Crippen molar-refractivity contribution in [1.29, 1.82) is 5.26 Å². The Kier molecular flexibility index (Phi) is 1.45. The molecule has 0 aliphatic carbocycles. The fourth-order valence-corrected chi connectivity index (χ4v) is 1.56. The number of allylic oxidation sites excluding steroid dienone is 2. The molecule has 0 radical (unpaired) electrons. The van der Waals surface area contributed by atoms with E-state index in [4.69, 9.17) is 5.26 Å². The van der Waals surface area contributed by atoms with Gasteiger partial charge in [0, 0.05) is 0 Å². The van der Waals surface area contributed by atoms with Crippen molar-refractivity contribution in [1.82, 2.24) is 4.90 Å². The average molecular weight is 195 g/mol. The number of hydrogen-bond donors (Lipinski definition) is 0. The standard InChI is InChI=1S/C10H5N5/c11-4-7-5-12-8-2-1-3-9-13-6-14-10(7)15(8)9/h1-3,5-6H. The topological polar surface area (TPSA) is 64.1 Å². The Labute approximate surface area is 85.8 Å². The molecule has 3 rings (SSSR count). The molecule has 0 amide bonds. The van der Waals surface area contributed by atoms with Crippen LogP contribution < -0.4 is 0 Å². The molecule has 0 aromatic rings. The third kappa shape index (κ3) is 0.987. The molecule has 5 heteroatoms. The summed E-state index contributed by atoms with van der Waals surface area (Å²) >= 11 is 0. The Morgan fingerprint density at radius 2 is 2.27 bits per heavy atom. The fraction of sp³-hybridized carbons (Fsp3) is 0. The molecule has 15 heavy (non-hydrogen) atoms. The van der Waals surface area contributed by atoms with Crippen molar-refractivity contribution in [2.24, 2.45) is 15.0 Å². The molecule has 0 N–H and O–H groups in total. The summed E-state index contributed by atoms with van der Waals surface area (Å²) in [7, 11) is 0. The van der Waals surface area contributed by atoms with Crippen molar-refractivity contribution in [3.63, 3.8) is 0 Å². The van der Waals surface area contributed by atoms with Gasteiger partial charge in [0.25, 0.3) is 0 Å². The van der Waals surface area contributed by atoms with E-state index in [9.17, 15) is 0 Å². The molecule has 3 heterocycles. The first-order chi connectivity index (χ1) is 7.40. The van der Waals surface area contributed by atoms with Gasteiger partial charge >= 0.3 is 0 Å². The molecule has 0 saturated heterocycles. The van der Waals surface area contributed by atoms with Gasteiger partial charge in [0.15, 0.2) is 5.84 Å². The van der Waals surface area contributed by atoms with Crippen LogP contribution in [0.1, 0.15) is 0 Å². The Morgan fingerprint density at radius 3 is 3.13 bits per heavy atom. The second-order valence-electron chi connectivity index (χ2n) is 3.06. The highest BCUT2D eigenvalue weighted by Gasteiger charge is 2.29. The van der Waals surface area contributed by atoms with Gasteiger partial charge in [-0.3, -0.25) is 4.90 Å². The van der Waals surface area contributed by atoms with Crippen LogP contribution in [0.15, 0.2) is 50.8 Å². The molecule has 70 valence electrons. The summed E-state index contributed by atoms with van der Waals surface area (Å²) in [6, 6.07) is 2.06. The van der Waals surface area contributed by atoms with Crippen LogP contribution in [0.5, 0.6) is 0 Å². The lowest BCUT2D eigenvalue weighted by Crippen LogP contribution is -2.40. The Balaban J connectivity index is 2.24. The van der Waals surface area contributed by atoms with Gasteiger partial charge < -0.3 is 0 Å².